The van der Waals surface area contributed by atoms with E-state index in [1.54, 1.807) is 18.2 Å². The molecule has 0 aromatic heterocycles. The number of sulfonamides is 1. The van der Waals surface area contributed by atoms with Gasteiger partial charge in [-0.05, 0) is 53.1 Å². The van der Waals surface area contributed by atoms with Crippen LogP contribution in [0.5, 0.6) is 0 Å². The van der Waals surface area contributed by atoms with Crippen LogP contribution >= 0.6 is 15.9 Å². The molecule has 0 aliphatic heterocycles. The summed E-state index contributed by atoms with van der Waals surface area (Å²) in [6.45, 7) is 1.95. The number of likely N-dealkylation sites (N-methyl/N-ethyl adjacent to an activating group) is 2. The lowest BCUT2D eigenvalue weighted by Gasteiger charge is -2.32. The van der Waals surface area contributed by atoms with Crippen LogP contribution < -0.4 is 5.32 Å². The summed E-state index contributed by atoms with van der Waals surface area (Å²) < 4.78 is 28.9. The molecule has 7 nitrogen and oxygen atoms in total. The maximum atomic E-state index is 13.9. The number of fused-ring (bicyclic) bond motifs is 1. The monoisotopic (exact) mass is 621 g/mol. The highest BCUT2D eigenvalue weighted by atomic mass is 79.9. The van der Waals surface area contributed by atoms with Crippen LogP contribution in [0.4, 0.5) is 0 Å². The third kappa shape index (κ3) is 7.15. The van der Waals surface area contributed by atoms with Crippen LogP contribution in [-0.4, -0.2) is 55.6 Å². The van der Waals surface area contributed by atoms with Crippen molar-refractivity contribution in [3.63, 3.8) is 0 Å². The van der Waals surface area contributed by atoms with Gasteiger partial charge in [-0.15, -0.1) is 0 Å². The van der Waals surface area contributed by atoms with Crippen LogP contribution in [0.15, 0.2) is 106 Å². The number of halogens is 1. The van der Waals surface area contributed by atoms with E-state index in [1.165, 1.54) is 11.9 Å². The molecule has 0 heterocycles. The molecule has 1 N–H and O–H groups in total. The molecule has 0 saturated heterocycles. The van der Waals surface area contributed by atoms with Crippen molar-refractivity contribution in [1.29, 1.82) is 0 Å². The fraction of sp³-hybridized carbons (Fsp3) is 0.226. The normalized spacial score (nSPS) is 12.3. The SMILES string of the molecule is CCNC(=O)[C@H](Cc1ccccc1)N(Cc1ccc(Br)cc1)C(=O)CN(C)S(=O)(=O)c1ccc2ccccc2c1. The molecule has 9 heteroatoms. The summed E-state index contributed by atoms with van der Waals surface area (Å²) in [5, 5.41) is 4.56. The van der Waals surface area contributed by atoms with Gasteiger partial charge in [-0.2, -0.15) is 4.31 Å². The van der Waals surface area contributed by atoms with Gasteiger partial charge in [-0.3, -0.25) is 9.59 Å². The van der Waals surface area contributed by atoms with E-state index in [4.69, 9.17) is 0 Å². The molecule has 0 bridgehead atoms. The number of amides is 2. The van der Waals surface area contributed by atoms with Gasteiger partial charge in [0.15, 0.2) is 0 Å². The predicted molar refractivity (Wildman–Crippen MR) is 161 cm³/mol. The molecule has 4 aromatic carbocycles. The zero-order chi connectivity index (χ0) is 28.7. The Morgan fingerprint density at radius 3 is 2.17 bits per heavy atom. The average Bonchev–Trinajstić information content (AvgIpc) is 2.96. The zero-order valence-electron chi connectivity index (χ0n) is 22.5. The Kier molecular flexibility index (Phi) is 9.73. The molecule has 0 spiro atoms. The molecule has 0 unspecified atom stereocenters. The molecule has 0 aliphatic carbocycles. The van der Waals surface area contributed by atoms with Crippen molar-refractivity contribution in [2.24, 2.45) is 0 Å². The van der Waals surface area contributed by atoms with Gasteiger partial charge < -0.3 is 10.2 Å². The molecule has 0 aliphatic rings. The summed E-state index contributed by atoms with van der Waals surface area (Å²) in [7, 11) is -2.59. The summed E-state index contributed by atoms with van der Waals surface area (Å²) in [4.78, 5) is 28.8. The van der Waals surface area contributed by atoms with Gasteiger partial charge in [-0.25, -0.2) is 8.42 Å². The summed E-state index contributed by atoms with van der Waals surface area (Å²) in [5.41, 5.74) is 1.71. The summed E-state index contributed by atoms with van der Waals surface area (Å²) in [6.07, 6.45) is 0.288. The van der Waals surface area contributed by atoms with Crippen LogP contribution in [0.2, 0.25) is 0 Å². The smallest absolute Gasteiger partial charge is 0.243 e. The highest BCUT2D eigenvalue weighted by Crippen LogP contribution is 2.22. The summed E-state index contributed by atoms with van der Waals surface area (Å²) in [6, 6.07) is 28.5. The minimum atomic E-state index is -3.97. The van der Waals surface area contributed by atoms with Gasteiger partial charge in [0.2, 0.25) is 21.8 Å². The Hall–Kier alpha value is -3.53. The fourth-order valence-electron chi connectivity index (χ4n) is 4.51. The van der Waals surface area contributed by atoms with E-state index in [0.717, 1.165) is 30.7 Å². The number of benzene rings is 4. The molecule has 0 saturated carbocycles. The predicted octanol–water partition coefficient (Wildman–Crippen LogP) is 5.00. The summed E-state index contributed by atoms with van der Waals surface area (Å²) in [5.74, 6) is -0.765. The molecular weight excluding hydrogens is 590 g/mol. The third-order valence-corrected chi connectivity index (χ3v) is 9.00. The standard InChI is InChI=1S/C31H32BrN3O4S/c1-3-33-31(37)29(19-23-9-5-4-6-10-23)35(21-24-13-16-27(32)17-14-24)30(36)22-34(2)40(38,39)28-18-15-25-11-7-8-12-26(25)20-28/h4-18,20,29H,3,19,21-22H2,1-2H3,(H,33,37)/t29-/m0/s1. The highest BCUT2D eigenvalue weighted by Gasteiger charge is 2.33. The van der Waals surface area contributed by atoms with Crippen LogP contribution in [0.3, 0.4) is 0 Å². The number of carbonyl (C=O) groups is 2. The van der Waals surface area contributed by atoms with Crippen molar-refractivity contribution < 1.29 is 18.0 Å². The number of hydrogen-bond acceptors (Lipinski definition) is 4. The van der Waals surface area contributed by atoms with Gasteiger partial charge in [0.05, 0.1) is 11.4 Å². The molecular formula is C31H32BrN3O4S. The largest absolute Gasteiger partial charge is 0.355 e. The average molecular weight is 623 g/mol. The van der Waals surface area contributed by atoms with Crippen molar-refractivity contribution in [2.45, 2.75) is 30.8 Å². The van der Waals surface area contributed by atoms with Crippen LogP contribution in [-0.2, 0) is 32.6 Å². The second-order valence-corrected chi connectivity index (χ2v) is 12.5. The second kappa shape index (κ2) is 13.2. The fourth-order valence-corrected chi connectivity index (χ4v) is 5.93. The molecule has 1 atom stereocenters. The number of carbonyl (C=O) groups excluding carboxylic acids is 2. The minimum absolute atomic E-state index is 0.102. The molecule has 4 rings (SSSR count). The van der Waals surface area contributed by atoms with Crippen molar-refractivity contribution >= 4 is 48.5 Å². The van der Waals surface area contributed by atoms with E-state index in [0.29, 0.717) is 6.54 Å². The Morgan fingerprint density at radius 2 is 1.50 bits per heavy atom. The van der Waals surface area contributed by atoms with Crippen molar-refractivity contribution in [2.75, 3.05) is 20.1 Å². The molecule has 208 valence electrons. The quantitative estimate of drug-likeness (QED) is 0.255. The van der Waals surface area contributed by atoms with Crippen molar-refractivity contribution in [3.8, 4) is 0 Å². The van der Waals surface area contributed by atoms with E-state index >= 15 is 0 Å². The maximum Gasteiger partial charge on any atom is 0.243 e. The second-order valence-electron chi connectivity index (χ2n) is 9.52. The van der Waals surface area contributed by atoms with Crippen LogP contribution in [0.1, 0.15) is 18.1 Å². The summed E-state index contributed by atoms with van der Waals surface area (Å²) >= 11 is 3.43. The first kappa shape index (κ1) is 29.5. The lowest BCUT2D eigenvalue weighted by atomic mass is 10.0. The van der Waals surface area contributed by atoms with Crippen LogP contribution in [0.25, 0.3) is 10.8 Å². The number of nitrogens with zero attached hydrogens (tertiary/aromatic N) is 2. The molecule has 4 aromatic rings. The van der Waals surface area contributed by atoms with Gasteiger partial charge in [0.1, 0.15) is 6.04 Å². The van der Waals surface area contributed by atoms with E-state index in [1.807, 2.05) is 85.8 Å². The van der Waals surface area contributed by atoms with Gasteiger partial charge in [0.25, 0.3) is 0 Å². The highest BCUT2D eigenvalue weighted by molar-refractivity contribution is 9.10. The molecule has 40 heavy (non-hydrogen) atoms. The van der Waals surface area contributed by atoms with E-state index < -0.39 is 28.5 Å². The maximum absolute atomic E-state index is 13.9. The third-order valence-electron chi connectivity index (χ3n) is 6.68. The van der Waals surface area contributed by atoms with E-state index in [-0.39, 0.29) is 23.8 Å². The first-order valence-corrected chi connectivity index (χ1v) is 15.2. The number of rotatable bonds is 11. The van der Waals surface area contributed by atoms with Crippen LogP contribution in [0, 0.1) is 0 Å². The topological polar surface area (TPSA) is 86.8 Å². The van der Waals surface area contributed by atoms with Gasteiger partial charge in [0, 0.05) is 31.0 Å². The minimum Gasteiger partial charge on any atom is -0.355 e. The number of nitrogens with one attached hydrogen (secondary N) is 1. The lowest BCUT2D eigenvalue weighted by Crippen LogP contribution is -2.53. The Balaban J connectivity index is 1.65. The Labute approximate surface area is 244 Å². The first-order chi connectivity index (χ1) is 19.2. The molecule has 0 fully saturated rings. The Morgan fingerprint density at radius 1 is 0.850 bits per heavy atom. The van der Waals surface area contributed by atoms with Crippen molar-refractivity contribution in [3.05, 3.63) is 113 Å². The Bertz CT molecular complexity index is 1580. The lowest BCUT2D eigenvalue weighted by molar-refractivity contribution is -0.141. The zero-order valence-corrected chi connectivity index (χ0v) is 24.9. The van der Waals surface area contributed by atoms with Gasteiger partial charge >= 0.3 is 0 Å². The van der Waals surface area contributed by atoms with Crippen molar-refractivity contribution in [1.82, 2.24) is 14.5 Å². The molecule has 0 radical (unpaired) electrons. The van der Waals surface area contributed by atoms with E-state index in [2.05, 4.69) is 21.2 Å². The first-order valence-electron chi connectivity index (χ1n) is 13.0. The molecule has 2 amide bonds. The van der Waals surface area contributed by atoms with Gasteiger partial charge in [-0.1, -0.05) is 88.7 Å². The number of hydrogen-bond donors (Lipinski definition) is 1. The van der Waals surface area contributed by atoms with E-state index in [9.17, 15) is 18.0 Å².